The highest BCUT2D eigenvalue weighted by atomic mass is 79.9. The van der Waals surface area contributed by atoms with Gasteiger partial charge in [0.25, 0.3) is 5.56 Å². The van der Waals surface area contributed by atoms with Crippen molar-refractivity contribution in [3.05, 3.63) is 73.5 Å². The van der Waals surface area contributed by atoms with Gasteiger partial charge in [0, 0.05) is 10.0 Å². The minimum absolute atomic E-state index is 0.158. The number of hydrogen-bond donors (Lipinski definition) is 0. The summed E-state index contributed by atoms with van der Waals surface area (Å²) in [6, 6.07) is 15.4. The Kier molecular flexibility index (Phi) is 5.54. The Morgan fingerprint density at radius 2 is 1.96 bits per heavy atom. The fourth-order valence-electron chi connectivity index (χ4n) is 2.72. The maximum absolute atomic E-state index is 12.7. The van der Waals surface area contributed by atoms with Crippen molar-refractivity contribution >= 4 is 38.3 Å². The number of halogens is 1. The lowest BCUT2D eigenvalue weighted by Gasteiger charge is -2.05. The van der Waals surface area contributed by atoms with E-state index in [4.69, 9.17) is 4.74 Å². The first kappa shape index (κ1) is 18.8. The number of fused-ring (bicyclic) bond motifs is 1. The Hall–Kier alpha value is -2.51. The highest BCUT2D eigenvalue weighted by Gasteiger charge is 2.12. The molecule has 0 fully saturated rings. The molecule has 0 bridgehead atoms. The van der Waals surface area contributed by atoms with Crippen molar-refractivity contribution in [1.82, 2.24) is 14.6 Å². The van der Waals surface area contributed by atoms with Crippen LogP contribution in [0.15, 0.2) is 57.8 Å². The van der Waals surface area contributed by atoms with E-state index < -0.39 is 0 Å². The maximum atomic E-state index is 12.7. The van der Waals surface area contributed by atoms with Crippen LogP contribution in [0, 0.1) is 0 Å². The van der Waals surface area contributed by atoms with Crippen molar-refractivity contribution in [2.45, 2.75) is 19.8 Å². The molecular formula is C21H18BrN3O2S. The predicted octanol–water partition coefficient (Wildman–Crippen LogP) is 4.31. The zero-order valence-electron chi connectivity index (χ0n) is 15.3. The number of hydrogen-bond acceptors (Lipinski definition) is 5. The minimum atomic E-state index is -0.158. The molecule has 0 aliphatic carbocycles. The quantitative estimate of drug-likeness (QED) is 0.406. The van der Waals surface area contributed by atoms with Crippen molar-refractivity contribution < 1.29 is 4.74 Å². The summed E-state index contributed by atoms with van der Waals surface area (Å²) in [5.74, 6) is 1.36. The Balaban J connectivity index is 1.63. The fourth-order valence-corrected chi connectivity index (χ4v) is 4.02. The van der Waals surface area contributed by atoms with Gasteiger partial charge in [-0.2, -0.15) is 9.50 Å². The van der Waals surface area contributed by atoms with Crippen LogP contribution >= 0.6 is 27.3 Å². The van der Waals surface area contributed by atoms with E-state index in [0.29, 0.717) is 21.9 Å². The van der Waals surface area contributed by atoms with E-state index in [0.717, 1.165) is 34.2 Å². The summed E-state index contributed by atoms with van der Waals surface area (Å²) in [7, 11) is 0. The SMILES string of the molecule is CCCCOc1ccc(-c2nc3sc(=Cc4ccccc4Br)c(=O)n3n2)cc1. The van der Waals surface area contributed by atoms with Gasteiger partial charge < -0.3 is 4.74 Å². The molecule has 2 heterocycles. The van der Waals surface area contributed by atoms with Gasteiger partial charge in [0.2, 0.25) is 4.96 Å². The van der Waals surface area contributed by atoms with E-state index in [2.05, 4.69) is 32.9 Å². The number of thiazole rings is 1. The van der Waals surface area contributed by atoms with E-state index in [1.807, 2.05) is 54.6 Å². The Labute approximate surface area is 174 Å². The molecule has 0 aliphatic heterocycles. The van der Waals surface area contributed by atoms with Gasteiger partial charge in [-0.1, -0.05) is 58.8 Å². The number of nitrogens with zero attached hydrogens (tertiary/aromatic N) is 3. The second-order valence-electron chi connectivity index (χ2n) is 6.29. The Morgan fingerprint density at radius 3 is 2.68 bits per heavy atom. The molecule has 0 atom stereocenters. The first-order valence-corrected chi connectivity index (χ1v) is 10.7. The second-order valence-corrected chi connectivity index (χ2v) is 8.16. The normalized spacial score (nSPS) is 12.0. The van der Waals surface area contributed by atoms with E-state index in [-0.39, 0.29) is 5.56 Å². The van der Waals surface area contributed by atoms with Crippen LogP contribution in [0.5, 0.6) is 5.75 Å². The summed E-state index contributed by atoms with van der Waals surface area (Å²) in [4.78, 5) is 17.8. The molecule has 0 amide bonds. The number of rotatable bonds is 6. The molecular weight excluding hydrogens is 438 g/mol. The molecule has 0 saturated heterocycles. The van der Waals surface area contributed by atoms with E-state index in [1.165, 1.54) is 15.9 Å². The third-order valence-electron chi connectivity index (χ3n) is 4.25. The molecule has 4 rings (SSSR count). The molecule has 0 aliphatic rings. The van der Waals surface area contributed by atoms with Crippen LogP contribution in [0.25, 0.3) is 22.4 Å². The van der Waals surface area contributed by atoms with Gasteiger partial charge in [0.1, 0.15) is 5.75 Å². The summed E-state index contributed by atoms with van der Waals surface area (Å²) >= 11 is 4.84. The summed E-state index contributed by atoms with van der Waals surface area (Å²) in [5.41, 5.74) is 1.64. The highest BCUT2D eigenvalue weighted by molar-refractivity contribution is 9.10. The minimum Gasteiger partial charge on any atom is -0.494 e. The molecule has 28 heavy (non-hydrogen) atoms. The van der Waals surface area contributed by atoms with Gasteiger partial charge in [-0.15, -0.1) is 5.10 Å². The molecule has 0 N–H and O–H groups in total. The lowest BCUT2D eigenvalue weighted by molar-refractivity contribution is 0.309. The van der Waals surface area contributed by atoms with Crippen molar-refractivity contribution in [1.29, 1.82) is 0 Å². The van der Waals surface area contributed by atoms with E-state index >= 15 is 0 Å². The summed E-state index contributed by atoms with van der Waals surface area (Å²) in [5, 5.41) is 4.40. The van der Waals surface area contributed by atoms with Crippen LogP contribution in [0.1, 0.15) is 25.3 Å². The average Bonchev–Trinajstić information content (AvgIpc) is 3.24. The van der Waals surface area contributed by atoms with Gasteiger partial charge in [-0.05, 0) is 48.4 Å². The van der Waals surface area contributed by atoms with Crippen LogP contribution in [0.4, 0.5) is 0 Å². The van der Waals surface area contributed by atoms with Gasteiger partial charge >= 0.3 is 0 Å². The Morgan fingerprint density at radius 1 is 1.18 bits per heavy atom. The molecule has 7 heteroatoms. The summed E-state index contributed by atoms with van der Waals surface area (Å²) < 4.78 is 8.59. The summed E-state index contributed by atoms with van der Waals surface area (Å²) in [6.45, 7) is 2.85. The largest absolute Gasteiger partial charge is 0.494 e. The van der Waals surface area contributed by atoms with Gasteiger partial charge in [-0.25, -0.2) is 0 Å². The lowest BCUT2D eigenvalue weighted by atomic mass is 10.2. The molecule has 142 valence electrons. The predicted molar refractivity (Wildman–Crippen MR) is 116 cm³/mol. The van der Waals surface area contributed by atoms with Crippen LogP contribution in [-0.4, -0.2) is 21.2 Å². The van der Waals surface area contributed by atoms with E-state index in [9.17, 15) is 4.79 Å². The topological polar surface area (TPSA) is 56.5 Å². The summed E-state index contributed by atoms with van der Waals surface area (Å²) in [6.07, 6.45) is 3.99. The van der Waals surface area contributed by atoms with Crippen LogP contribution in [0.3, 0.4) is 0 Å². The monoisotopic (exact) mass is 455 g/mol. The lowest BCUT2D eigenvalue weighted by Crippen LogP contribution is -2.23. The first-order valence-electron chi connectivity index (χ1n) is 9.05. The van der Waals surface area contributed by atoms with Gasteiger partial charge in [-0.3, -0.25) is 4.79 Å². The zero-order chi connectivity index (χ0) is 19.5. The van der Waals surface area contributed by atoms with Crippen molar-refractivity contribution in [3.8, 4) is 17.1 Å². The molecule has 0 saturated carbocycles. The molecule has 0 unspecified atom stereocenters. The molecule has 0 radical (unpaired) electrons. The molecule has 0 spiro atoms. The third-order valence-corrected chi connectivity index (χ3v) is 5.93. The van der Waals surface area contributed by atoms with Crippen molar-refractivity contribution in [3.63, 3.8) is 0 Å². The van der Waals surface area contributed by atoms with Crippen LogP contribution in [0.2, 0.25) is 0 Å². The van der Waals surface area contributed by atoms with Crippen molar-refractivity contribution in [2.24, 2.45) is 0 Å². The number of unbranched alkanes of at least 4 members (excludes halogenated alkanes) is 1. The van der Waals surface area contributed by atoms with Crippen molar-refractivity contribution in [2.75, 3.05) is 6.61 Å². The van der Waals surface area contributed by atoms with Crippen LogP contribution in [-0.2, 0) is 0 Å². The maximum Gasteiger partial charge on any atom is 0.291 e. The van der Waals surface area contributed by atoms with Gasteiger partial charge in [0.05, 0.1) is 11.1 Å². The van der Waals surface area contributed by atoms with Crippen LogP contribution < -0.4 is 14.8 Å². The number of ether oxygens (including phenoxy) is 1. The second kappa shape index (κ2) is 8.24. The molecule has 2 aromatic heterocycles. The molecule has 4 aromatic rings. The zero-order valence-corrected chi connectivity index (χ0v) is 17.7. The number of aromatic nitrogens is 3. The highest BCUT2D eigenvalue weighted by Crippen LogP contribution is 2.21. The average molecular weight is 456 g/mol. The Bertz CT molecular complexity index is 1210. The standard InChI is InChI=1S/C21H18BrN3O2S/c1-2-3-12-27-16-10-8-14(9-11-16)19-23-21-25(24-19)20(26)18(28-21)13-15-6-4-5-7-17(15)22/h4-11,13H,2-3,12H2,1H3. The van der Waals surface area contributed by atoms with E-state index in [1.54, 1.807) is 0 Å². The first-order chi connectivity index (χ1) is 13.7. The molecule has 5 nitrogen and oxygen atoms in total. The third kappa shape index (κ3) is 3.86. The smallest absolute Gasteiger partial charge is 0.291 e. The fraction of sp³-hybridized carbons (Fsp3) is 0.190. The molecule has 2 aromatic carbocycles. The number of benzene rings is 2. The van der Waals surface area contributed by atoms with Gasteiger partial charge in [0.15, 0.2) is 5.82 Å².